The molecule has 3 nitrogen and oxygen atoms in total. The normalized spacial score (nSPS) is 12.0. The maximum absolute atomic E-state index is 10.9. The van der Waals surface area contributed by atoms with E-state index in [1.807, 2.05) is 30.3 Å². The van der Waals surface area contributed by atoms with Gasteiger partial charge >= 0.3 is 5.97 Å². The minimum Gasteiger partial charge on any atom is -0.481 e. The molecule has 3 aromatic rings. The van der Waals surface area contributed by atoms with E-state index in [4.69, 9.17) is 5.11 Å². The van der Waals surface area contributed by atoms with Crippen molar-refractivity contribution in [1.29, 1.82) is 0 Å². The Morgan fingerprint density at radius 1 is 1.27 bits per heavy atom. The summed E-state index contributed by atoms with van der Waals surface area (Å²) in [5.41, 5.74) is 0.951. The largest absolute Gasteiger partial charge is 0.481 e. The molecule has 2 heterocycles. The Balaban J connectivity index is 1.99. The summed E-state index contributed by atoms with van der Waals surface area (Å²) in [6, 6.07) is 12.1. The summed E-state index contributed by atoms with van der Waals surface area (Å²) in [6.45, 7) is 2.06. The molecule has 0 aliphatic rings. The molecule has 0 radical (unpaired) electrons. The lowest BCUT2D eigenvalue weighted by Crippen LogP contribution is -1.97. The molecule has 0 saturated carbocycles. The average molecular weight is 347 g/mol. The van der Waals surface area contributed by atoms with Gasteiger partial charge in [0, 0.05) is 14.7 Å². The maximum Gasteiger partial charge on any atom is 0.313 e. The van der Waals surface area contributed by atoms with Gasteiger partial charge in [0.05, 0.1) is 16.0 Å². The van der Waals surface area contributed by atoms with E-state index in [0.717, 1.165) is 25.0 Å². The second kappa shape index (κ2) is 6.64. The van der Waals surface area contributed by atoms with Gasteiger partial charge < -0.3 is 5.11 Å². The zero-order chi connectivity index (χ0) is 15.5. The van der Waals surface area contributed by atoms with Gasteiger partial charge in [0.15, 0.2) is 0 Å². The van der Waals surface area contributed by atoms with Gasteiger partial charge in [0.1, 0.15) is 5.01 Å². The number of aryl methyl sites for hydroxylation is 1. The van der Waals surface area contributed by atoms with E-state index in [1.165, 1.54) is 16.6 Å². The zero-order valence-electron chi connectivity index (χ0n) is 11.8. The summed E-state index contributed by atoms with van der Waals surface area (Å²) >= 11 is 4.60. The first-order valence-electron chi connectivity index (χ1n) is 6.60. The first kappa shape index (κ1) is 15.3. The van der Waals surface area contributed by atoms with Crippen molar-refractivity contribution in [3.63, 3.8) is 0 Å². The van der Waals surface area contributed by atoms with Crippen molar-refractivity contribution in [2.24, 2.45) is 0 Å². The van der Waals surface area contributed by atoms with Crippen LogP contribution in [0.3, 0.4) is 0 Å². The van der Waals surface area contributed by atoms with Gasteiger partial charge in [-0.05, 0) is 37.3 Å². The fourth-order valence-corrected chi connectivity index (χ4v) is 4.67. The number of aliphatic carboxylic acids is 1. The Morgan fingerprint density at radius 2 is 2.09 bits per heavy atom. The minimum atomic E-state index is -0.820. The highest BCUT2D eigenvalue weighted by molar-refractivity contribution is 8.09. The number of hydrogen-bond acceptors (Lipinski definition) is 5. The van der Waals surface area contributed by atoms with E-state index >= 15 is 0 Å². The molecule has 0 bridgehead atoms. The van der Waals surface area contributed by atoms with Gasteiger partial charge in [-0.2, -0.15) is 0 Å². The highest BCUT2D eigenvalue weighted by Gasteiger charge is 2.12. The molecule has 0 aliphatic heterocycles. The zero-order valence-corrected chi connectivity index (χ0v) is 14.2. The maximum atomic E-state index is 10.9. The van der Waals surface area contributed by atoms with E-state index < -0.39 is 5.97 Å². The molecule has 1 aromatic carbocycles. The predicted molar refractivity (Wildman–Crippen MR) is 96.6 cm³/mol. The highest BCUT2D eigenvalue weighted by Crippen LogP contribution is 2.36. The monoisotopic (exact) mass is 347 g/mol. The van der Waals surface area contributed by atoms with Crippen molar-refractivity contribution >= 4 is 61.6 Å². The number of fused-ring (bicyclic) bond motifs is 1. The van der Waals surface area contributed by atoms with Gasteiger partial charge in [-0.1, -0.05) is 12.1 Å². The van der Waals surface area contributed by atoms with Crippen LogP contribution in [0.25, 0.3) is 21.2 Å². The Kier molecular flexibility index (Phi) is 4.61. The number of aromatic nitrogens is 1. The fraction of sp³-hybridized carbons (Fsp3) is 0.125. The van der Waals surface area contributed by atoms with Crippen LogP contribution in [0, 0.1) is 6.92 Å². The molecular weight excluding hydrogens is 334 g/mol. The molecule has 6 heteroatoms. The van der Waals surface area contributed by atoms with Crippen LogP contribution in [0.1, 0.15) is 14.8 Å². The lowest BCUT2D eigenvalue weighted by Gasteiger charge is -2.01. The third-order valence-corrected chi connectivity index (χ3v) is 6.05. The molecule has 0 aliphatic carbocycles. The molecule has 112 valence electrons. The van der Waals surface area contributed by atoms with E-state index in [9.17, 15) is 4.79 Å². The predicted octanol–water partition coefficient (Wildman–Crippen LogP) is 4.98. The molecular formula is C16H13NO2S3. The van der Waals surface area contributed by atoms with Crippen LogP contribution in [0.4, 0.5) is 0 Å². The number of carboxylic acid groups (broad SMARTS) is 1. The van der Waals surface area contributed by atoms with Crippen LogP contribution in [0.15, 0.2) is 36.4 Å². The van der Waals surface area contributed by atoms with Crippen molar-refractivity contribution < 1.29 is 9.90 Å². The van der Waals surface area contributed by atoms with E-state index in [-0.39, 0.29) is 5.75 Å². The number of thiazole rings is 1. The van der Waals surface area contributed by atoms with Crippen LogP contribution in [-0.2, 0) is 4.79 Å². The van der Waals surface area contributed by atoms with Gasteiger partial charge in [0.25, 0.3) is 0 Å². The van der Waals surface area contributed by atoms with Gasteiger partial charge in [-0.15, -0.1) is 34.4 Å². The standard InChI is InChI=1S/C16H13NO2S3/c1-10-6-7-11(21-10)8-14(20-9-15(18)19)16-17-12-4-2-3-5-13(12)22-16/h2-8H,9H2,1H3,(H,18,19)/b14-8-. The SMILES string of the molecule is Cc1ccc(/C=C(\SCC(=O)O)c2nc3ccccc3s2)s1. The second-order valence-electron chi connectivity index (χ2n) is 4.63. The van der Waals surface area contributed by atoms with Crippen LogP contribution in [0.5, 0.6) is 0 Å². The summed E-state index contributed by atoms with van der Waals surface area (Å²) in [7, 11) is 0. The lowest BCUT2D eigenvalue weighted by molar-refractivity contribution is -0.133. The number of thioether (sulfide) groups is 1. The molecule has 0 amide bonds. The third-order valence-electron chi connectivity index (χ3n) is 2.89. The van der Waals surface area contributed by atoms with Gasteiger partial charge in [-0.25, -0.2) is 4.98 Å². The van der Waals surface area contributed by atoms with Crippen molar-refractivity contribution in [2.75, 3.05) is 5.75 Å². The number of rotatable bonds is 5. The van der Waals surface area contributed by atoms with Crippen LogP contribution >= 0.6 is 34.4 Å². The smallest absolute Gasteiger partial charge is 0.313 e. The molecule has 22 heavy (non-hydrogen) atoms. The second-order valence-corrected chi connectivity index (χ2v) is 7.99. The van der Waals surface area contributed by atoms with Crippen molar-refractivity contribution in [3.8, 4) is 0 Å². The number of carbonyl (C=O) groups is 1. The highest BCUT2D eigenvalue weighted by atomic mass is 32.2. The van der Waals surface area contributed by atoms with Gasteiger partial charge in [0.2, 0.25) is 0 Å². The van der Waals surface area contributed by atoms with Gasteiger partial charge in [-0.3, -0.25) is 4.79 Å². The molecule has 0 unspecified atom stereocenters. The summed E-state index contributed by atoms with van der Waals surface area (Å²) < 4.78 is 1.11. The van der Waals surface area contributed by atoms with E-state index in [1.54, 1.807) is 22.7 Å². The Bertz CT molecular complexity index is 815. The van der Waals surface area contributed by atoms with Crippen LogP contribution in [0.2, 0.25) is 0 Å². The van der Waals surface area contributed by atoms with Crippen LogP contribution in [-0.4, -0.2) is 21.8 Å². The number of carboxylic acids is 1. The Morgan fingerprint density at radius 3 is 2.77 bits per heavy atom. The number of thiophene rings is 1. The summed E-state index contributed by atoms with van der Waals surface area (Å²) in [5, 5.41) is 9.83. The summed E-state index contributed by atoms with van der Waals surface area (Å²) in [6.07, 6.45) is 2.03. The molecule has 0 atom stereocenters. The molecule has 0 saturated heterocycles. The van der Waals surface area contributed by atoms with E-state index in [0.29, 0.717) is 0 Å². The first-order chi connectivity index (χ1) is 10.6. The molecule has 3 rings (SSSR count). The van der Waals surface area contributed by atoms with Crippen molar-refractivity contribution in [3.05, 3.63) is 51.2 Å². The summed E-state index contributed by atoms with van der Waals surface area (Å²) in [4.78, 5) is 18.8. The minimum absolute atomic E-state index is 0.0338. The fourth-order valence-electron chi connectivity index (χ4n) is 1.94. The number of nitrogens with zero attached hydrogens (tertiary/aromatic N) is 1. The molecule has 2 aromatic heterocycles. The van der Waals surface area contributed by atoms with Crippen molar-refractivity contribution in [2.45, 2.75) is 6.92 Å². The quantitative estimate of drug-likeness (QED) is 0.707. The van der Waals surface area contributed by atoms with Crippen molar-refractivity contribution in [1.82, 2.24) is 4.98 Å². The molecule has 0 spiro atoms. The van der Waals surface area contributed by atoms with E-state index in [2.05, 4.69) is 24.0 Å². The number of hydrogen-bond donors (Lipinski definition) is 1. The summed E-state index contributed by atoms with van der Waals surface area (Å²) in [5.74, 6) is -0.786. The topological polar surface area (TPSA) is 50.2 Å². The third kappa shape index (κ3) is 3.58. The first-order valence-corrected chi connectivity index (χ1v) is 9.22. The number of benzene rings is 1. The Labute approximate surface area is 140 Å². The van der Waals surface area contributed by atoms with Crippen LogP contribution < -0.4 is 0 Å². The Hall–Kier alpha value is -1.63. The average Bonchev–Trinajstić information content (AvgIpc) is 3.09. The lowest BCUT2D eigenvalue weighted by atomic mass is 10.3. The molecule has 1 N–H and O–H groups in total. The number of para-hydroxylation sites is 1. The molecule has 0 fully saturated rings.